The van der Waals surface area contributed by atoms with E-state index in [9.17, 15) is 0 Å². The molecule has 10 rings (SSSR count). The molecule has 0 spiro atoms. The largest absolute Gasteiger partial charge is 0.503 e. The van der Waals surface area contributed by atoms with Crippen molar-refractivity contribution in [3.63, 3.8) is 0 Å². The van der Waals surface area contributed by atoms with E-state index in [-0.39, 0.29) is 21.7 Å². The molecule has 2 aromatic heterocycles. The second-order valence-corrected chi connectivity index (χ2v) is 22.9. The number of nitrogens with zero attached hydrogens (tertiary/aromatic N) is 4. The molecule has 7 aromatic carbocycles. The molecule has 0 N–H and O–H groups in total. The molecule has 1 aliphatic rings. The first-order valence-electron chi connectivity index (χ1n) is 24.4. The number of rotatable bonds is 7. The SMILES string of the molecule is CC(C)(C)c1cccc(-c2cccc3c2[N+](c2cc(C(C)(C)C)cc(C(C)(C)C)c2)=C=[N+]3c2cccc(Oc3cc(-c4ccccc4)c4c5ccccc5n(-c5cc(C(C)(C)C)ccn5)c4c3)c2)c1. The minimum Gasteiger partial charge on any atom is -0.457 e. The lowest BCUT2D eigenvalue weighted by atomic mass is 9.80. The fraction of sp³-hybridized carbons (Fsp3) is 0.250. The molecule has 0 bridgehead atoms. The average Bonchev–Trinajstić information content (AvgIpc) is 3.87. The molecule has 0 aliphatic carbocycles. The van der Waals surface area contributed by atoms with E-state index in [4.69, 9.17) is 9.72 Å². The van der Waals surface area contributed by atoms with Crippen molar-refractivity contribution in [2.45, 2.75) is 105 Å². The van der Waals surface area contributed by atoms with Crippen LogP contribution in [0.15, 0.2) is 170 Å². The number of hydrogen-bond donors (Lipinski definition) is 0. The quantitative estimate of drug-likeness (QED) is 0.149. The predicted molar refractivity (Wildman–Crippen MR) is 292 cm³/mol. The third-order valence-electron chi connectivity index (χ3n) is 13.6. The van der Waals surface area contributed by atoms with Crippen LogP contribution < -0.4 is 13.9 Å². The summed E-state index contributed by atoms with van der Waals surface area (Å²) in [5.41, 5.74) is 15.8. The Bertz CT molecular complexity index is 3510. The van der Waals surface area contributed by atoms with Crippen molar-refractivity contribution >= 4 is 50.6 Å². The van der Waals surface area contributed by atoms with Gasteiger partial charge in [0.15, 0.2) is 0 Å². The van der Waals surface area contributed by atoms with Crippen LogP contribution in [0.5, 0.6) is 11.5 Å². The number of ether oxygens (including phenoxy) is 1. The van der Waals surface area contributed by atoms with Crippen molar-refractivity contribution in [1.82, 2.24) is 18.7 Å². The van der Waals surface area contributed by atoms with E-state index in [1.807, 2.05) is 12.3 Å². The fourth-order valence-electron chi connectivity index (χ4n) is 9.58. The van der Waals surface area contributed by atoms with Gasteiger partial charge in [0.25, 0.3) is 5.69 Å². The normalized spacial score (nSPS) is 13.2. The van der Waals surface area contributed by atoms with Crippen LogP contribution in [-0.2, 0) is 21.7 Å². The Balaban J connectivity index is 1.16. The van der Waals surface area contributed by atoms with E-state index in [2.05, 4.69) is 261 Å². The lowest BCUT2D eigenvalue weighted by molar-refractivity contribution is 0.483. The van der Waals surface area contributed by atoms with Gasteiger partial charge in [0.05, 0.1) is 22.7 Å². The van der Waals surface area contributed by atoms with Gasteiger partial charge in [-0.05, 0) is 106 Å². The highest BCUT2D eigenvalue weighted by atomic mass is 16.5. The van der Waals surface area contributed by atoms with Gasteiger partial charge < -0.3 is 4.74 Å². The summed E-state index contributed by atoms with van der Waals surface area (Å²) in [6.45, 7) is 27.4. The molecule has 9 aromatic rings. The number of hydrogen-bond acceptors (Lipinski definition) is 2. The maximum absolute atomic E-state index is 7.06. The summed E-state index contributed by atoms with van der Waals surface area (Å²) in [6, 6.07) is 63.1. The maximum Gasteiger partial charge on any atom is 0.503 e. The lowest BCUT2D eigenvalue weighted by Crippen LogP contribution is -2.17. The van der Waals surface area contributed by atoms with Gasteiger partial charge >= 0.3 is 11.7 Å². The number of aromatic nitrogens is 2. The van der Waals surface area contributed by atoms with Crippen molar-refractivity contribution in [2.75, 3.05) is 0 Å². The first kappa shape index (κ1) is 45.5. The second-order valence-electron chi connectivity index (χ2n) is 22.9. The summed E-state index contributed by atoms with van der Waals surface area (Å²) < 4.78 is 13.8. The Kier molecular flexibility index (Phi) is 11.0. The molecule has 344 valence electrons. The molecule has 0 radical (unpaired) electrons. The molecule has 0 fully saturated rings. The molecule has 5 heteroatoms. The molecule has 5 nitrogen and oxygen atoms in total. The van der Waals surface area contributed by atoms with Gasteiger partial charge in [-0.1, -0.05) is 174 Å². The first-order chi connectivity index (χ1) is 32.7. The number of fused-ring (bicyclic) bond motifs is 4. The summed E-state index contributed by atoms with van der Waals surface area (Å²) in [4.78, 5) is 4.99. The fourth-order valence-corrected chi connectivity index (χ4v) is 9.58. The van der Waals surface area contributed by atoms with Gasteiger partial charge in [-0.2, -0.15) is 0 Å². The standard InChI is InChI=1S/C64H64N4O/c1-61(2,3)44-24-18-23-43(33-44)52-28-20-30-56-60(52)67(49-35-46(63(7,8)9)34-47(36-49)64(10,11)12)41-66(56)48-25-19-26-50(38-48)69-51-39-54(42-21-14-13-15-22-42)59-53-27-16-17-29-55(53)68(57(59)40-51)58-37-45(31-32-65-58)62(4,5)6/h13-40H,1-12H3/q+2. The van der Waals surface area contributed by atoms with E-state index >= 15 is 0 Å². The highest BCUT2D eigenvalue weighted by Gasteiger charge is 2.41. The molecule has 0 saturated heterocycles. The molecular weight excluding hydrogens is 841 g/mol. The van der Waals surface area contributed by atoms with Crippen LogP contribution in [0, 0.1) is 0 Å². The molecule has 0 saturated carbocycles. The zero-order chi connectivity index (χ0) is 48.6. The zero-order valence-corrected chi connectivity index (χ0v) is 42.4. The molecule has 0 amide bonds. The van der Waals surface area contributed by atoms with Crippen LogP contribution in [-0.4, -0.2) is 15.6 Å². The summed E-state index contributed by atoms with van der Waals surface area (Å²) in [5.74, 6) is 2.34. The third-order valence-corrected chi connectivity index (χ3v) is 13.6. The summed E-state index contributed by atoms with van der Waals surface area (Å²) in [6.07, 6.45) is 1.93. The van der Waals surface area contributed by atoms with E-state index in [0.717, 1.165) is 73.2 Å². The van der Waals surface area contributed by atoms with Gasteiger partial charge in [-0.15, -0.1) is 0 Å². The molecule has 69 heavy (non-hydrogen) atoms. The Morgan fingerprint density at radius 1 is 0.449 bits per heavy atom. The molecule has 0 atom stereocenters. The average molecular weight is 905 g/mol. The van der Waals surface area contributed by atoms with E-state index in [1.165, 1.54) is 33.2 Å². The topological polar surface area (TPSA) is 33.1 Å². The van der Waals surface area contributed by atoms with E-state index in [0.29, 0.717) is 0 Å². The van der Waals surface area contributed by atoms with Crippen LogP contribution in [0.2, 0.25) is 0 Å². The van der Waals surface area contributed by atoms with Gasteiger partial charge in [-0.25, -0.2) is 4.98 Å². The highest BCUT2D eigenvalue weighted by molar-refractivity contribution is 6.16. The van der Waals surface area contributed by atoms with Gasteiger partial charge in [0.1, 0.15) is 17.3 Å². The van der Waals surface area contributed by atoms with E-state index < -0.39 is 0 Å². The Morgan fingerprint density at radius 3 is 1.80 bits per heavy atom. The van der Waals surface area contributed by atoms with Crippen LogP contribution in [0.4, 0.5) is 22.7 Å². The predicted octanol–water partition coefficient (Wildman–Crippen LogP) is 17.4. The summed E-state index contributed by atoms with van der Waals surface area (Å²) >= 11 is 0. The minimum atomic E-state index is -0.0603. The van der Waals surface area contributed by atoms with Gasteiger partial charge in [0, 0.05) is 47.3 Å². The number of benzene rings is 7. The Morgan fingerprint density at radius 2 is 1.09 bits per heavy atom. The van der Waals surface area contributed by atoms with Crippen LogP contribution in [0.1, 0.15) is 105 Å². The summed E-state index contributed by atoms with van der Waals surface area (Å²) in [5, 5.41) is 2.33. The molecular formula is C64H64N4O+2. The van der Waals surface area contributed by atoms with Gasteiger partial charge in [-0.3, -0.25) is 4.57 Å². The van der Waals surface area contributed by atoms with E-state index in [1.54, 1.807) is 0 Å². The summed E-state index contributed by atoms with van der Waals surface area (Å²) in [7, 11) is 0. The smallest absolute Gasteiger partial charge is 0.457 e. The van der Waals surface area contributed by atoms with Gasteiger partial charge in [0.2, 0.25) is 11.4 Å². The maximum atomic E-state index is 7.06. The Labute approximate surface area is 408 Å². The third kappa shape index (κ3) is 8.62. The molecule has 1 aliphatic heterocycles. The minimum absolute atomic E-state index is 0.00178. The van der Waals surface area contributed by atoms with Crippen molar-refractivity contribution in [3.8, 4) is 39.6 Å². The van der Waals surface area contributed by atoms with Crippen LogP contribution >= 0.6 is 0 Å². The zero-order valence-electron chi connectivity index (χ0n) is 42.4. The molecule has 0 unspecified atom stereocenters. The van der Waals surface area contributed by atoms with Crippen LogP contribution in [0.25, 0.3) is 49.9 Å². The van der Waals surface area contributed by atoms with Crippen molar-refractivity contribution in [1.29, 1.82) is 0 Å². The molecule has 3 heterocycles. The second kappa shape index (κ2) is 16.7. The van der Waals surface area contributed by atoms with Crippen molar-refractivity contribution in [2.24, 2.45) is 0 Å². The highest BCUT2D eigenvalue weighted by Crippen LogP contribution is 2.47. The lowest BCUT2D eigenvalue weighted by Gasteiger charge is -2.24. The first-order valence-corrected chi connectivity index (χ1v) is 24.4. The Hall–Kier alpha value is -7.33. The monoisotopic (exact) mass is 905 g/mol. The number of para-hydroxylation sites is 2. The van der Waals surface area contributed by atoms with Crippen molar-refractivity contribution < 1.29 is 4.74 Å². The number of pyridine rings is 1. The van der Waals surface area contributed by atoms with Crippen molar-refractivity contribution in [3.05, 3.63) is 192 Å². The van der Waals surface area contributed by atoms with Crippen LogP contribution in [0.3, 0.4) is 0 Å².